The van der Waals surface area contributed by atoms with Gasteiger partial charge in [0.25, 0.3) is 0 Å². The summed E-state index contributed by atoms with van der Waals surface area (Å²) in [6, 6.07) is 76.2. The van der Waals surface area contributed by atoms with Gasteiger partial charge < -0.3 is 8.83 Å². The predicted octanol–water partition coefficient (Wildman–Crippen LogP) is 15.9. The summed E-state index contributed by atoms with van der Waals surface area (Å²) in [7, 11) is 0. The minimum absolute atomic E-state index is 0.678. The van der Waals surface area contributed by atoms with E-state index in [0.29, 0.717) is 5.82 Å². The Morgan fingerprint density at radius 1 is 0.274 bits per heavy atom. The third-order valence-electron chi connectivity index (χ3n) is 12.0. The van der Waals surface area contributed by atoms with Crippen LogP contribution >= 0.6 is 0 Å². The molecule has 0 spiro atoms. The molecule has 12 aromatic rings. The Bertz CT molecular complexity index is 3590. The quantitative estimate of drug-likeness (QED) is 0.161. The van der Waals surface area contributed by atoms with Crippen LogP contribution in [0.4, 0.5) is 0 Å². The topological polar surface area (TPSA) is 52.1 Å². The van der Waals surface area contributed by atoms with Gasteiger partial charge in [0.1, 0.15) is 22.3 Å². The van der Waals surface area contributed by atoms with E-state index in [9.17, 15) is 0 Å². The molecule has 0 atom stereocenters. The number of hydrogen-bond acceptors (Lipinski definition) is 4. The fraction of sp³-hybridized carbons (Fsp3) is 0. The number of aromatic nitrogens is 2. The second kappa shape index (κ2) is 14.7. The molecule has 4 nitrogen and oxygen atoms in total. The van der Waals surface area contributed by atoms with Crippen molar-refractivity contribution >= 4 is 43.9 Å². The van der Waals surface area contributed by atoms with Gasteiger partial charge in [-0.15, -0.1) is 0 Å². The Morgan fingerprint density at radius 2 is 0.726 bits per heavy atom. The lowest BCUT2D eigenvalue weighted by atomic mass is 9.93. The van der Waals surface area contributed by atoms with Crippen molar-refractivity contribution in [3.8, 4) is 78.4 Å². The van der Waals surface area contributed by atoms with Crippen LogP contribution in [-0.4, -0.2) is 9.97 Å². The number of nitrogens with zero attached hydrogens (tertiary/aromatic N) is 2. The third kappa shape index (κ3) is 6.25. The van der Waals surface area contributed by atoms with Crippen molar-refractivity contribution in [3.05, 3.63) is 218 Å². The number of furan rings is 2. The molecule has 0 aliphatic rings. The molecule has 9 aromatic carbocycles. The van der Waals surface area contributed by atoms with E-state index in [0.717, 1.165) is 105 Å². The summed E-state index contributed by atoms with van der Waals surface area (Å²) in [5, 5.41) is 4.40. The molecule has 290 valence electrons. The molecule has 0 unspecified atom stereocenters. The predicted molar refractivity (Wildman–Crippen MR) is 255 cm³/mol. The highest BCUT2D eigenvalue weighted by atomic mass is 16.3. The number of rotatable bonds is 7. The largest absolute Gasteiger partial charge is 0.456 e. The van der Waals surface area contributed by atoms with Gasteiger partial charge in [-0.25, -0.2) is 9.97 Å². The van der Waals surface area contributed by atoms with E-state index in [1.807, 2.05) is 48.5 Å². The van der Waals surface area contributed by atoms with Crippen LogP contribution in [0, 0.1) is 0 Å². The van der Waals surface area contributed by atoms with E-state index in [-0.39, 0.29) is 0 Å². The van der Waals surface area contributed by atoms with Gasteiger partial charge in [0.05, 0.1) is 11.4 Å². The Kier molecular flexibility index (Phi) is 8.46. The van der Waals surface area contributed by atoms with Crippen LogP contribution in [0.3, 0.4) is 0 Å². The van der Waals surface area contributed by atoms with Gasteiger partial charge in [-0.05, 0) is 75.3 Å². The molecule has 4 heteroatoms. The fourth-order valence-corrected chi connectivity index (χ4v) is 8.79. The first-order chi connectivity index (χ1) is 30.7. The summed E-state index contributed by atoms with van der Waals surface area (Å²) in [5.41, 5.74) is 17.2. The van der Waals surface area contributed by atoms with Crippen molar-refractivity contribution in [2.45, 2.75) is 0 Å². The molecular formula is C58H36N2O2. The third-order valence-corrected chi connectivity index (χ3v) is 12.0. The standard InChI is InChI=1S/C58H36N2O2/c1-3-11-37(12-4-1)38-19-21-39(22-20-38)40-23-29-44(30-24-40)58-59-51(42-13-5-2-6-14-42)36-52(60-58)43-27-25-41(26-28-43)47-34-33-46(56-50-16-8-10-18-54(50)62-57(47)56)45-31-32-49-48-15-7-9-17-53(48)61-55(49)35-45/h1-36H. The monoisotopic (exact) mass is 792 g/mol. The normalized spacial score (nSPS) is 11.5. The van der Waals surface area contributed by atoms with Crippen LogP contribution in [0.15, 0.2) is 227 Å². The minimum atomic E-state index is 0.678. The summed E-state index contributed by atoms with van der Waals surface area (Å²) in [6.07, 6.45) is 0. The lowest BCUT2D eigenvalue weighted by molar-refractivity contribution is 0.668. The van der Waals surface area contributed by atoms with Gasteiger partial charge in [0.15, 0.2) is 5.82 Å². The molecule has 0 fully saturated rings. The molecule has 0 radical (unpaired) electrons. The molecule has 0 N–H and O–H groups in total. The summed E-state index contributed by atoms with van der Waals surface area (Å²) in [4.78, 5) is 10.3. The maximum absolute atomic E-state index is 6.70. The summed E-state index contributed by atoms with van der Waals surface area (Å²) in [6.45, 7) is 0. The smallest absolute Gasteiger partial charge is 0.160 e. The maximum Gasteiger partial charge on any atom is 0.160 e. The van der Waals surface area contributed by atoms with Crippen LogP contribution < -0.4 is 0 Å². The molecule has 0 saturated carbocycles. The van der Waals surface area contributed by atoms with Gasteiger partial charge in [-0.2, -0.15) is 0 Å². The molecule has 3 heterocycles. The van der Waals surface area contributed by atoms with Crippen LogP contribution in [0.25, 0.3) is 122 Å². The number of fused-ring (bicyclic) bond motifs is 6. The number of para-hydroxylation sites is 2. The second-order valence-electron chi connectivity index (χ2n) is 15.7. The number of benzene rings is 9. The van der Waals surface area contributed by atoms with E-state index in [2.05, 4.69) is 170 Å². The summed E-state index contributed by atoms with van der Waals surface area (Å²) in [5.74, 6) is 0.678. The molecule has 0 aliphatic heterocycles. The molecule has 3 aromatic heterocycles. The van der Waals surface area contributed by atoms with Crippen LogP contribution in [0.5, 0.6) is 0 Å². The van der Waals surface area contributed by atoms with E-state index >= 15 is 0 Å². The van der Waals surface area contributed by atoms with Crippen LogP contribution in [0.2, 0.25) is 0 Å². The van der Waals surface area contributed by atoms with Crippen molar-refractivity contribution in [1.29, 1.82) is 0 Å². The zero-order chi connectivity index (χ0) is 41.0. The maximum atomic E-state index is 6.70. The highest BCUT2D eigenvalue weighted by Gasteiger charge is 2.19. The number of hydrogen-bond donors (Lipinski definition) is 0. The minimum Gasteiger partial charge on any atom is -0.456 e. The van der Waals surface area contributed by atoms with E-state index in [1.54, 1.807) is 0 Å². The summed E-state index contributed by atoms with van der Waals surface area (Å²) < 4.78 is 13.0. The lowest BCUT2D eigenvalue weighted by Gasteiger charge is -2.11. The molecule has 62 heavy (non-hydrogen) atoms. The average molecular weight is 793 g/mol. The van der Waals surface area contributed by atoms with Crippen molar-refractivity contribution < 1.29 is 8.83 Å². The Balaban J connectivity index is 0.904. The van der Waals surface area contributed by atoms with Gasteiger partial charge in [-0.1, -0.05) is 182 Å². The second-order valence-corrected chi connectivity index (χ2v) is 15.7. The van der Waals surface area contributed by atoms with E-state index in [4.69, 9.17) is 18.8 Å². The summed E-state index contributed by atoms with van der Waals surface area (Å²) >= 11 is 0. The Labute approximate surface area is 358 Å². The fourth-order valence-electron chi connectivity index (χ4n) is 8.79. The first-order valence-corrected chi connectivity index (χ1v) is 20.9. The van der Waals surface area contributed by atoms with Gasteiger partial charge in [0.2, 0.25) is 0 Å². The van der Waals surface area contributed by atoms with Crippen molar-refractivity contribution in [3.63, 3.8) is 0 Å². The first kappa shape index (κ1) is 35.6. The van der Waals surface area contributed by atoms with Crippen molar-refractivity contribution in [2.75, 3.05) is 0 Å². The molecule has 0 amide bonds. The highest BCUT2D eigenvalue weighted by molar-refractivity contribution is 6.17. The van der Waals surface area contributed by atoms with Crippen molar-refractivity contribution in [1.82, 2.24) is 9.97 Å². The molecule has 12 rings (SSSR count). The van der Waals surface area contributed by atoms with Gasteiger partial charge in [-0.3, -0.25) is 0 Å². The average Bonchev–Trinajstić information content (AvgIpc) is 3.93. The van der Waals surface area contributed by atoms with E-state index < -0.39 is 0 Å². The zero-order valence-electron chi connectivity index (χ0n) is 33.5. The van der Waals surface area contributed by atoms with Crippen molar-refractivity contribution in [2.24, 2.45) is 0 Å². The first-order valence-electron chi connectivity index (χ1n) is 20.9. The molecule has 0 bridgehead atoms. The molecule has 0 saturated heterocycles. The van der Waals surface area contributed by atoms with Gasteiger partial charge >= 0.3 is 0 Å². The SMILES string of the molecule is c1ccc(-c2ccc(-c3ccc(-c4nc(-c5ccccc5)cc(-c5ccc(-c6ccc(-c7ccc8c(c7)oc7ccccc78)c7c6oc6ccccc67)cc5)n4)cc3)cc2)cc1. The van der Waals surface area contributed by atoms with Crippen LogP contribution in [0.1, 0.15) is 0 Å². The molecular weight excluding hydrogens is 757 g/mol. The zero-order valence-corrected chi connectivity index (χ0v) is 33.5. The Morgan fingerprint density at radius 3 is 1.39 bits per heavy atom. The van der Waals surface area contributed by atoms with Crippen LogP contribution in [-0.2, 0) is 0 Å². The highest BCUT2D eigenvalue weighted by Crippen LogP contribution is 2.43. The van der Waals surface area contributed by atoms with Gasteiger partial charge in [0, 0.05) is 43.8 Å². The van der Waals surface area contributed by atoms with E-state index in [1.165, 1.54) is 11.1 Å². The molecule has 0 aliphatic carbocycles. The lowest BCUT2D eigenvalue weighted by Crippen LogP contribution is -1.96. The Hall–Kier alpha value is -8.34.